The van der Waals surface area contributed by atoms with Crippen molar-refractivity contribution in [3.05, 3.63) is 205 Å². The van der Waals surface area contributed by atoms with Crippen LogP contribution in [0.3, 0.4) is 0 Å². The van der Waals surface area contributed by atoms with Gasteiger partial charge < -0.3 is 8.83 Å². The molecule has 0 bridgehead atoms. The lowest BCUT2D eigenvalue weighted by Gasteiger charge is -2.21. The second kappa shape index (κ2) is 13.8. The average molecular weight is 813 g/mol. The van der Waals surface area contributed by atoms with Crippen LogP contribution in [-0.2, 0) is 0 Å². The van der Waals surface area contributed by atoms with E-state index in [4.69, 9.17) is 8.83 Å². The molecular weight excluding hydrogens is 781 g/mol. The van der Waals surface area contributed by atoms with Gasteiger partial charge in [-0.2, -0.15) is 10.5 Å². The molecule has 11 aromatic carbocycles. The van der Waals surface area contributed by atoms with Crippen LogP contribution >= 0.6 is 0 Å². The molecule has 0 saturated heterocycles. The number of furan rings is 2. The van der Waals surface area contributed by atoms with E-state index >= 15 is 0 Å². The number of para-hydroxylation sites is 4. The van der Waals surface area contributed by atoms with E-state index in [0.717, 1.165) is 98.8 Å². The SMILES string of the molecule is N#Cc1cccc2c1oc1c(-c3ccc4c(-c5cccc6ccccc56)c5cc(-c6cccc7c6oc6c(C#N)cccc67)ccc5c(-c5cccc6ccccc56)c4c3)cccc12. The monoisotopic (exact) mass is 812 g/mol. The lowest BCUT2D eigenvalue weighted by molar-refractivity contribution is 0.668. The van der Waals surface area contributed by atoms with E-state index in [0.29, 0.717) is 22.3 Å². The van der Waals surface area contributed by atoms with Gasteiger partial charge in [-0.3, -0.25) is 0 Å². The molecule has 13 aromatic rings. The van der Waals surface area contributed by atoms with Crippen molar-refractivity contribution >= 4 is 87.0 Å². The first kappa shape index (κ1) is 35.8. The molecule has 64 heavy (non-hydrogen) atoms. The molecule has 2 aromatic heterocycles. The van der Waals surface area contributed by atoms with E-state index in [2.05, 4.69) is 170 Å². The van der Waals surface area contributed by atoms with Gasteiger partial charge in [0.2, 0.25) is 0 Å². The van der Waals surface area contributed by atoms with Gasteiger partial charge in [0.05, 0.1) is 11.1 Å². The zero-order valence-electron chi connectivity index (χ0n) is 34.2. The molecule has 0 aliphatic carbocycles. The number of hydrogen-bond donors (Lipinski definition) is 0. The largest absolute Gasteiger partial charge is 0.454 e. The van der Waals surface area contributed by atoms with Gasteiger partial charge >= 0.3 is 0 Å². The fourth-order valence-corrected chi connectivity index (χ4v) is 10.3. The summed E-state index contributed by atoms with van der Waals surface area (Å²) in [6.07, 6.45) is 0. The summed E-state index contributed by atoms with van der Waals surface area (Å²) in [7, 11) is 0. The molecule has 0 amide bonds. The fourth-order valence-electron chi connectivity index (χ4n) is 10.3. The summed E-state index contributed by atoms with van der Waals surface area (Å²) >= 11 is 0. The lowest BCUT2D eigenvalue weighted by atomic mass is 9.82. The Labute approximate surface area is 366 Å². The van der Waals surface area contributed by atoms with Crippen LogP contribution in [0.25, 0.3) is 131 Å². The van der Waals surface area contributed by atoms with Crippen molar-refractivity contribution < 1.29 is 8.83 Å². The predicted molar refractivity (Wildman–Crippen MR) is 262 cm³/mol. The second-order valence-electron chi connectivity index (χ2n) is 16.5. The summed E-state index contributed by atoms with van der Waals surface area (Å²) in [6.45, 7) is 0. The smallest absolute Gasteiger partial charge is 0.153 e. The standard InChI is InChI=1S/C60H32N2O2/c61-33-39-15-7-23-49-51-25-9-19-43(59(51)63-57(39)49)37-28-30-48-53(31-37)55(45-21-5-13-35-11-1-3-17-41(35)45)47-29-27-38(32-54(47)56(48)46-22-6-14-36-12-2-4-18-42(36)46)44-20-10-26-52-50-24-8-16-40(34-62)58(50)64-60(44)52/h1-32H. The zero-order chi connectivity index (χ0) is 42.5. The molecule has 0 N–H and O–H groups in total. The van der Waals surface area contributed by atoms with Gasteiger partial charge in [0, 0.05) is 32.7 Å². The normalized spacial score (nSPS) is 11.7. The number of nitrogens with zero attached hydrogens (tertiary/aromatic N) is 2. The van der Waals surface area contributed by atoms with Gasteiger partial charge in [0.1, 0.15) is 23.3 Å². The Morgan fingerprint density at radius 2 is 0.641 bits per heavy atom. The van der Waals surface area contributed by atoms with Crippen molar-refractivity contribution in [3.8, 4) is 56.6 Å². The van der Waals surface area contributed by atoms with Gasteiger partial charge in [-0.15, -0.1) is 0 Å². The van der Waals surface area contributed by atoms with Crippen molar-refractivity contribution in [1.82, 2.24) is 0 Å². The molecule has 0 atom stereocenters. The van der Waals surface area contributed by atoms with Crippen LogP contribution in [0.4, 0.5) is 0 Å². The summed E-state index contributed by atoms with van der Waals surface area (Å²) in [4.78, 5) is 0. The Morgan fingerprint density at radius 3 is 1.09 bits per heavy atom. The third-order valence-electron chi connectivity index (χ3n) is 13.1. The maximum absolute atomic E-state index is 10.0. The number of benzene rings is 11. The highest BCUT2D eigenvalue weighted by Crippen LogP contribution is 2.50. The van der Waals surface area contributed by atoms with Crippen molar-refractivity contribution in [2.24, 2.45) is 0 Å². The summed E-state index contributed by atoms with van der Waals surface area (Å²) in [5.41, 5.74) is 12.3. The molecular formula is C60H32N2O2. The van der Waals surface area contributed by atoms with Crippen LogP contribution < -0.4 is 0 Å². The van der Waals surface area contributed by atoms with E-state index in [-0.39, 0.29) is 0 Å². The van der Waals surface area contributed by atoms with Crippen LogP contribution in [0.5, 0.6) is 0 Å². The third kappa shape index (κ3) is 5.15. The number of hydrogen-bond acceptors (Lipinski definition) is 4. The second-order valence-corrected chi connectivity index (χ2v) is 16.5. The zero-order valence-corrected chi connectivity index (χ0v) is 34.2. The van der Waals surface area contributed by atoms with Gasteiger partial charge in [-0.05, 0) is 101 Å². The van der Waals surface area contributed by atoms with Crippen molar-refractivity contribution in [3.63, 3.8) is 0 Å². The number of rotatable bonds is 4. The summed E-state index contributed by atoms with van der Waals surface area (Å²) in [5.74, 6) is 0. The van der Waals surface area contributed by atoms with E-state index in [1.54, 1.807) is 0 Å². The quantitative estimate of drug-likeness (QED) is 0.166. The Morgan fingerprint density at radius 1 is 0.281 bits per heavy atom. The minimum absolute atomic E-state index is 0.519. The van der Waals surface area contributed by atoms with Crippen LogP contribution in [0.1, 0.15) is 11.1 Å². The predicted octanol–water partition coefficient (Wildman–Crippen LogP) is 16.5. The average Bonchev–Trinajstić information content (AvgIpc) is 3.94. The summed E-state index contributed by atoms with van der Waals surface area (Å²) in [6, 6.07) is 72.8. The molecule has 0 radical (unpaired) electrons. The highest BCUT2D eigenvalue weighted by Gasteiger charge is 2.23. The van der Waals surface area contributed by atoms with E-state index in [1.807, 2.05) is 36.4 Å². The molecule has 294 valence electrons. The minimum atomic E-state index is 0.519. The molecule has 0 unspecified atom stereocenters. The maximum Gasteiger partial charge on any atom is 0.153 e. The molecule has 0 saturated carbocycles. The molecule has 0 fully saturated rings. The van der Waals surface area contributed by atoms with Crippen molar-refractivity contribution in [1.29, 1.82) is 10.5 Å². The van der Waals surface area contributed by atoms with Crippen LogP contribution in [0.2, 0.25) is 0 Å². The third-order valence-corrected chi connectivity index (χ3v) is 13.1. The summed E-state index contributed by atoms with van der Waals surface area (Å²) < 4.78 is 13.3. The maximum atomic E-state index is 10.0. The van der Waals surface area contributed by atoms with Crippen LogP contribution in [-0.4, -0.2) is 0 Å². The molecule has 4 nitrogen and oxygen atoms in total. The first-order chi connectivity index (χ1) is 31.7. The van der Waals surface area contributed by atoms with E-state index in [9.17, 15) is 10.5 Å². The highest BCUT2D eigenvalue weighted by atomic mass is 16.3. The molecule has 13 rings (SSSR count). The molecule has 4 heteroatoms. The minimum Gasteiger partial charge on any atom is -0.454 e. The van der Waals surface area contributed by atoms with E-state index in [1.165, 1.54) is 21.5 Å². The summed E-state index contributed by atoms with van der Waals surface area (Å²) in [5, 5.41) is 33.0. The van der Waals surface area contributed by atoms with E-state index < -0.39 is 0 Å². The first-order valence-corrected chi connectivity index (χ1v) is 21.4. The Kier molecular flexibility index (Phi) is 7.70. The van der Waals surface area contributed by atoms with Gasteiger partial charge in [-0.1, -0.05) is 170 Å². The van der Waals surface area contributed by atoms with Gasteiger partial charge in [-0.25, -0.2) is 0 Å². The fraction of sp³-hybridized carbons (Fsp3) is 0. The Bertz CT molecular complexity index is 3950. The molecule has 0 aliphatic rings. The topological polar surface area (TPSA) is 73.9 Å². The Balaban J connectivity index is 1.18. The lowest BCUT2D eigenvalue weighted by Crippen LogP contribution is -1.94. The van der Waals surface area contributed by atoms with Crippen molar-refractivity contribution in [2.45, 2.75) is 0 Å². The molecule has 2 heterocycles. The van der Waals surface area contributed by atoms with Crippen molar-refractivity contribution in [2.75, 3.05) is 0 Å². The number of nitriles is 2. The molecule has 0 spiro atoms. The van der Waals surface area contributed by atoms with Gasteiger partial charge in [0.25, 0.3) is 0 Å². The first-order valence-electron chi connectivity index (χ1n) is 21.4. The highest BCUT2D eigenvalue weighted by molar-refractivity contribution is 6.27. The molecule has 0 aliphatic heterocycles. The van der Waals surface area contributed by atoms with Crippen LogP contribution in [0, 0.1) is 22.7 Å². The number of fused-ring (bicyclic) bond motifs is 10. The van der Waals surface area contributed by atoms with Crippen LogP contribution in [0.15, 0.2) is 203 Å². The van der Waals surface area contributed by atoms with Gasteiger partial charge in [0.15, 0.2) is 11.2 Å². The Hall–Kier alpha value is -8.96.